The first-order chi connectivity index (χ1) is 10.0. The van der Waals surface area contributed by atoms with Gasteiger partial charge < -0.3 is 15.2 Å². The summed E-state index contributed by atoms with van der Waals surface area (Å²) in [6, 6.07) is 5.61. The molecule has 0 radical (unpaired) electrons. The van der Waals surface area contributed by atoms with E-state index in [-0.39, 0.29) is 11.8 Å². The molecule has 0 saturated heterocycles. The Bertz CT molecular complexity index is 541. The van der Waals surface area contributed by atoms with Gasteiger partial charge in [-0.05, 0) is 50.8 Å². The van der Waals surface area contributed by atoms with Gasteiger partial charge >= 0.3 is 5.97 Å². The van der Waals surface area contributed by atoms with Crippen molar-refractivity contribution in [3.63, 3.8) is 0 Å². The Morgan fingerprint density at radius 1 is 1.33 bits per heavy atom. The van der Waals surface area contributed by atoms with E-state index in [4.69, 9.17) is 9.84 Å². The molecule has 5 heteroatoms. The van der Waals surface area contributed by atoms with Gasteiger partial charge in [0.05, 0.1) is 18.2 Å². The van der Waals surface area contributed by atoms with Crippen molar-refractivity contribution >= 4 is 17.6 Å². The van der Waals surface area contributed by atoms with Crippen molar-refractivity contribution in [3.05, 3.63) is 23.8 Å². The van der Waals surface area contributed by atoms with E-state index in [1.54, 1.807) is 0 Å². The quantitative estimate of drug-likeness (QED) is 0.874. The number of benzene rings is 1. The molecule has 0 spiro atoms. The van der Waals surface area contributed by atoms with Gasteiger partial charge in [0.2, 0.25) is 5.91 Å². The number of hydrogen-bond acceptors (Lipinski definition) is 3. The minimum atomic E-state index is -0.810. The third kappa shape index (κ3) is 3.74. The second-order valence-corrected chi connectivity index (χ2v) is 5.47. The van der Waals surface area contributed by atoms with Gasteiger partial charge in [-0.15, -0.1) is 0 Å². The second kappa shape index (κ2) is 6.61. The molecule has 0 unspecified atom stereocenters. The maximum Gasteiger partial charge on any atom is 0.306 e. The van der Waals surface area contributed by atoms with Crippen LogP contribution in [0.15, 0.2) is 18.2 Å². The summed E-state index contributed by atoms with van der Waals surface area (Å²) >= 11 is 0. The van der Waals surface area contributed by atoms with Crippen LogP contribution in [0.4, 0.5) is 5.69 Å². The highest BCUT2D eigenvalue weighted by Gasteiger charge is 2.34. The number of ether oxygens (including phenoxy) is 1. The van der Waals surface area contributed by atoms with Crippen LogP contribution < -0.4 is 10.1 Å². The number of aryl methyl sites for hydroxylation is 1. The minimum absolute atomic E-state index is 0.122. The van der Waals surface area contributed by atoms with E-state index in [1.807, 2.05) is 32.0 Å². The summed E-state index contributed by atoms with van der Waals surface area (Å²) in [4.78, 5) is 23.2. The molecule has 1 aromatic rings. The molecule has 1 aromatic carbocycles. The topological polar surface area (TPSA) is 75.6 Å². The first-order valence-electron chi connectivity index (χ1n) is 7.28. The van der Waals surface area contributed by atoms with Gasteiger partial charge in [0.15, 0.2) is 0 Å². The third-order valence-electron chi connectivity index (χ3n) is 3.85. The summed E-state index contributed by atoms with van der Waals surface area (Å²) in [5.41, 5.74) is 1.70. The average molecular weight is 291 g/mol. The molecule has 0 aliphatic heterocycles. The Morgan fingerprint density at radius 2 is 2.05 bits per heavy atom. The molecule has 2 rings (SSSR count). The summed E-state index contributed by atoms with van der Waals surface area (Å²) in [5, 5.41) is 11.9. The van der Waals surface area contributed by atoms with Crippen molar-refractivity contribution in [3.8, 4) is 5.75 Å². The van der Waals surface area contributed by atoms with Crippen LogP contribution in [-0.2, 0) is 9.59 Å². The highest BCUT2D eigenvalue weighted by atomic mass is 16.5. The van der Waals surface area contributed by atoms with Crippen molar-refractivity contribution in [1.29, 1.82) is 0 Å². The van der Waals surface area contributed by atoms with Crippen LogP contribution in [0.2, 0.25) is 0 Å². The molecule has 1 aliphatic carbocycles. The van der Waals surface area contributed by atoms with E-state index in [2.05, 4.69) is 5.32 Å². The van der Waals surface area contributed by atoms with E-state index in [9.17, 15) is 9.59 Å². The lowest BCUT2D eigenvalue weighted by molar-refractivity contribution is -0.141. The second-order valence-electron chi connectivity index (χ2n) is 5.47. The van der Waals surface area contributed by atoms with Crippen LogP contribution in [0.1, 0.15) is 31.7 Å². The van der Waals surface area contributed by atoms with E-state index < -0.39 is 11.9 Å². The van der Waals surface area contributed by atoms with E-state index in [0.29, 0.717) is 37.3 Å². The summed E-state index contributed by atoms with van der Waals surface area (Å²) in [7, 11) is 0. The highest BCUT2D eigenvalue weighted by Crippen LogP contribution is 2.33. The Hall–Kier alpha value is -2.04. The summed E-state index contributed by atoms with van der Waals surface area (Å²) in [5.74, 6) is -0.912. The zero-order valence-electron chi connectivity index (χ0n) is 12.4. The molecule has 1 fully saturated rings. The van der Waals surface area contributed by atoms with E-state index in [0.717, 1.165) is 5.56 Å². The molecular weight excluding hydrogens is 270 g/mol. The molecule has 1 saturated carbocycles. The van der Waals surface area contributed by atoms with Crippen LogP contribution in [0.25, 0.3) is 0 Å². The van der Waals surface area contributed by atoms with Crippen LogP contribution in [0.5, 0.6) is 5.75 Å². The fourth-order valence-electron chi connectivity index (χ4n) is 2.69. The molecule has 2 atom stereocenters. The van der Waals surface area contributed by atoms with Gasteiger partial charge in [-0.2, -0.15) is 0 Å². The van der Waals surface area contributed by atoms with E-state index >= 15 is 0 Å². The monoisotopic (exact) mass is 291 g/mol. The zero-order chi connectivity index (χ0) is 15.4. The molecule has 5 nitrogen and oxygen atoms in total. The number of anilines is 1. The number of aliphatic carboxylic acids is 1. The molecule has 0 bridgehead atoms. The fraction of sp³-hybridized carbons (Fsp3) is 0.500. The number of carbonyl (C=O) groups excluding carboxylic acids is 1. The van der Waals surface area contributed by atoms with E-state index in [1.165, 1.54) is 0 Å². The van der Waals surface area contributed by atoms with Gasteiger partial charge in [-0.25, -0.2) is 0 Å². The van der Waals surface area contributed by atoms with Crippen molar-refractivity contribution < 1.29 is 19.4 Å². The predicted octanol–water partition coefficient (Wildman–Crippen LogP) is 2.83. The maximum atomic E-state index is 12.3. The molecule has 1 amide bonds. The normalized spacial score (nSPS) is 21.0. The SMILES string of the molecule is CCOc1cc(C)ccc1NC(=O)[C@@H]1CC[C@H](C(=O)O)C1. The van der Waals surface area contributed by atoms with Crippen LogP contribution in [0.3, 0.4) is 0 Å². The minimum Gasteiger partial charge on any atom is -0.492 e. The predicted molar refractivity (Wildman–Crippen MR) is 79.4 cm³/mol. The first-order valence-corrected chi connectivity index (χ1v) is 7.28. The van der Waals surface area contributed by atoms with Crippen LogP contribution in [-0.4, -0.2) is 23.6 Å². The number of carbonyl (C=O) groups is 2. The van der Waals surface area contributed by atoms with Gasteiger partial charge in [0.1, 0.15) is 5.75 Å². The lowest BCUT2D eigenvalue weighted by Gasteiger charge is -2.15. The Kier molecular flexibility index (Phi) is 4.83. The smallest absolute Gasteiger partial charge is 0.306 e. The average Bonchev–Trinajstić information content (AvgIpc) is 2.92. The lowest BCUT2D eigenvalue weighted by atomic mass is 10.0. The first kappa shape index (κ1) is 15.4. The molecule has 1 aliphatic rings. The van der Waals surface area contributed by atoms with Crippen molar-refractivity contribution in [2.75, 3.05) is 11.9 Å². The van der Waals surface area contributed by atoms with Crippen LogP contribution in [0, 0.1) is 18.8 Å². The van der Waals surface area contributed by atoms with Crippen molar-refractivity contribution in [2.24, 2.45) is 11.8 Å². The standard InChI is InChI=1S/C16H21NO4/c1-3-21-14-8-10(2)4-7-13(14)17-15(18)11-5-6-12(9-11)16(19)20/h4,7-8,11-12H,3,5-6,9H2,1-2H3,(H,17,18)(H,19,20)/t11-,12+/m1/s1. The number of hydrogen-bond donors (Lipinski definition) is 2. The molecule has 2 N–H and O–H groups in total. The maximum absolute atomic E-state index is 12.3. The number of nitrogens with one attached hydrogen (secondary N) is 1. The molecule has 114 valence electrons. The number of carboxylic acid groups (broad SMARTS) is 1. The molecule has 0 aromatic heterocycles. The molecule has 21 heavy (non-hydrogen) atoms. The fourth-order valence-corrected chi connectivity index (χ4v) is 2.69. The van der Waals surface area contributed by atoms with Crippen molar-refractivity contribution in [2.45, 2.75) is 33.1 Å². The summed E-state index contributed by atoms with van der Waals surface area (Å²) in [6.45, 7) is 4.38. The third-order valence-corrected chi connectivity index (χ3v) is 3.85. The van der Waals surface area contributed by atoms with Crippen molar-refractivity contribution in [1.82, 2.24) is 0 Å². The Morgan fingerprint density at radius 3 is 2.67 bits per heavy atom. The molecule has 0 heterocycles. The summed E-state index contributed by atoms with van der Waals surface area (Å²) < 4.78 is 5.53. The molecular formula is C16H21NO4. The van der Waals surface area contributed by atoms with Gasteiger partial charge in [-0.1, -0.05) is 6.07 Å². The lowest BCUT2D eigenvalue weighted by Crippen LogP contribution is -2.22. The summed E-state index contributed by atoms with van der Waals surface area (Å²) in [6.07, 6.45) is 1.61. The zero-order valence-corrected chi connectivity index (χ0v) is 12.4. The number of rotatable bonds is 5. The highest BCUT2D eigenvalue weighted by molar-refractivity contribution is 5.94. The Balaban J connectivity index is 2.05. The van der Waals surface area contributed by atoms with Gasteiger partial charge in [-0.3, -0.25) is 9.59 Å². The van der Waals surface area contributed by atoms with Crippen LogP contribution >= 0.6 is 0 Å². The largest absolute Gasteiger partial charge is 0.492 e. The number of amides is 1. The van der Waals surface area contributed by atoms with Gasteiger partial charge in [0.25, 0.3) is 0 Å². The van der Waals surface area contributed by atoms with Gasteiger partial charge in [0, 0.05) is 5.92 Å². The number of carboxylic acids is 1. The Labute approximate surface area is 124 Å².